The summed E-state index contributed by atoms with van der Waals surface area (Å²) in [6.45, 7) is 0. The summed E-state index contributed by atoms with van der Waals surface area (Å²) in [5.74, 6) is 4.85. The number of rotatable bonds is 1. The first kappa shape index (κ1) is 8.64. The number of hydrogen-bond donors (Lipinski definition) is 2. The molecule has 14 heavy (non-hydrogen) atoms. The standard InChI is InChI=1S/C8H9N5O/c1-13-5-3-2-4-10-6(5)11-7(13)8(14)12-9/h2-4H,9H2,1H3,(H,12,14). The molecular formula is C8H9N5O. The molecule has 3 N–H and O–H groups in total. The molecule has 72 valence electrons. The van der Waals surface area contributed by atoms with Gasteiger partial charge < -0.3 is 4.57 Å². The number of imidazole rings is 1. The van der Waals surface area contributed by atoms with Gasteiger partial charge in [0.2, 0.25) is 5.82 Å². The summed E-state index contributed by atoms with van der Waals surface area (Å²) < 4.78 is 1.64. The topological polar surface area (TPSA) is 85.8 Å². The highest BCUT2D eigenvalue weighted by Crippen LogP contribution is 2.10. The van der Waals surface area contributed by atoms with E-state index >= 15 is 0 Å². The van der Waals surface area contributed by atoms with E-state index in [1.807, 2.05) is 11.5 Å². The second-order valence-electron chi connectivity index (χ2n) is 2.81. The van der Waals surface area contributed by atoms with Gasteiger partial charge in [0.15, 0.2) is 5.65 Å². The molecule has 0 saturated heterocycles. The Balaban J connectivity index is 2.68. The van der Waals surface area contributed by atoms with Crippen molar-refractivity contribution in [2.75, 3.05) is 0 Å². The van der Waals surface area contributed by atoms with E-state index in [0.717, 1.165) is 5.52 Å². The number of nitrogens with zero attached hydrogens (tertiary/aromatic N) is 3. The molecule has 2 aromatic heterocycles. The lowest BCUT2D eigenvalue weighted by molar-refractivity contribution is 0.0940. The fourth-order valence-electron chi connectivity index (χ4n) is 1.29. The zero-order valence-electron chi connectivity index (χ0n) is 7.56. The zero-order valence-corrected chi connectivity index (χ0v) is 7.56. The normalized spacial score (nSPS) is 10.4. The van der Waals surface area contributed by atoms with Gasteiger partial charge in [0, 0.05) is 13.2 Å². The molecule has 0 fully saturated rings. The molecule has 0 aliphatic carbocycles. The van der Waals surface area contributed by atoms with E-state index in [9.17, 15) is 4.79 Å². The number of nitrogen functional groups attached to an aromatic ring is 1. The summed E-state index contributed by atoms with van der Waals surface area (Å²) in [6.07, 6.45) is 1.62. The fourth-order valence-corrected chi connectivity index (χ4v) is 1.29. The van der Waals surface area contributed by atoms with Crippen LogP contribution in [0.1, 0.15) is 10.6 Å². The molecular weight excluding hydrogens is 182 g/mol. The maximum atomic E-state index is 11.3. The summed E-state index contributed by atoms with van der Waals surface area (Å²) >= 11 is 0. The van der Waals surface area contributed by atoms with Crippen LogP contribution in [0.4, 0.5) is 0 Å². The predicted octanol–water partition coefficient (Wildman–Crippen LogP) is -0.428. The highest BCUT2D eigenvalue weighted by molar-refractivity contribution is 5.93. The molecule has 2 rings (SSSR count). The van der Waals surface area contributed by atoms with Crippen LogP contribution in [0.3, 0.4) is 0 Å². The molecule has 0 spiro atoms. The molecule has 6 nitrogen and oxygen atoms in total. The van der Waals surface area contributed by atoms with Crippen molar-refractivity contribution in [3.63, 3.8) is 0 Å². The number of amides is 1. The molecule has 0 aliphatic heterocycles. The quantitative estimate of drug-likeness (QED) is 0.364. The summed E-state index contributed by atoms with van der Waals surface area (Å²) in [7, 11) is 1.74. The maximum absolute atomic E-state index is 11.3. The van der Waals surface area contributed by atoms with Gasteiger partial charge in [-0.3, -0.25) is 10.2 Å². The van der Waals surface area contributed by atoms with E-state index in [0.29, 0.717) is 5.65 Å². The Morgan fingerprint density at radius 3 is 3.07 bits per heavy atom. The number of nitrogens with two attached hydrogens (primary N) is 1. The maximum Gasteiger partial charge on any atom is 0.301 e. The van der Waals surface area contributed by atoms with Crippen molar-refractivity contribution in [1.82, 2.24) is 20.0 Å². The van der Waals surface area contributed by atoms with Crippen molar-refractivity contribution in [3.8, 4) is 0 Å². The summed E-state index contributed by atoms with van der Waals surface area (Å²) in [5.41, 5.74) is 3.37. The van der Waals surface area contributed by atoms with Gasteiger partial charge in [-0.2, -0.15) is 0 Å². The van der Waals surface area contributed by atoms with E-state index in [2.05, 4.69) is 9.97 Å². The van der Waals surface area contributed by atoms with Crippen molar-refractivity contribution < 1.29 is 4.79 Å². The van der Waals surface area contributed by atoms with Gasteiger partial charge in [-0.15, -0.1) is 0 Å². The van der Waals surface area contributed by atoms with Gasteiger partial charge >= 0.3 is 5.91 Å². The molecule has 0 atom stereocenters. The molecule has 0 saturated carbocycles. The van der Waals surface area contributed by atoms with E-state index in [-0.39, 0.29) is 5.82 Å². The average molecular weight is 191 g/mol. The lowest BCUT2D eigenvalue weighted by Crippen LogP contribution is -2.32. The monoisotopic (exact) mass is 191 g/mol. The lowest BCUT2D eigenvalue weighted by atomic mass is 10.4. The predicted molar refractivity (Wildman–Crippen MR) is 50.2 cm³/mol. The molecule has 0 radical (unpaired) electrons. The third kappa shape index (κ3) is 1.12. The largest absolute Gasteiger partial charge is 0.322 e. The van der Waals surface area contributed by atoms with Crippen LogP contribution in [-0.4, -0.2) is 20.4 Å². The number of pyridine rings is 1. The minimum atomic E-state index is -0.425. The smallest absolute Gasteiger partial charge is 0.301 e. The molecule has 6 heteroatoms. The molecule has 2 aromatic rings. The number of aryl methyl sites for hydroxylation is 1. The summed E-state index contributed by atoms with van der Waals surface area (Å²) in [6, 6.07) is 3.62. The lowest BCUT2D eigenvalue weighted by Gasteiger charge is -1.98. The van der Waals surface area contributed by atoms with Crippen molar-refractivity contribution in [2.24, 2.45) is 12.9 Å². The van der Waals surface area contributed by atoms with Crippen molar-refractivity contribution in [3.05, 3.63) is 24.2 Å². The molecule has 2 heterocycles. The number of hydrazine groups is 1. The first-order valence-electron chi connectivity index (χ1n) is 4.02. The second-order valence-corrected chi connectivity index (χ2v) is 2.81. The van der Waals surface area contributed by atoms with Crippen molar-refractivity contribution >= 4 is 17.1 Å². The van der Waals surface area contributed by atoms with E-state index in [4.69, 9.17) is 5.84 Å². The number of carbonyl (C=O) groups excluding carboxylic acids is 1. The van der Waals surface area contributed by atoms with Crippen LogP contribution in [0.2, 0.25) is 0 Å². The van der Waals surface area contributed by atoms with Crippen LogP contribution in [-0.2, 0) is 7.05 Å². The average Bonchev–Trinajstić information content (AvgIpc) is 2.56. The van der Waals surface area contributed by atoms with Gasteiger partial charge in [-0.1, -0.05) is 0 Å². The van der Waals surface area contributed by atoms with Gasteiger partial charge in [0.25, 0.3) is 0 Å². The number of aromatic nitrogens is 3. The van der Waals surface area contributed by atoms with Gasteiger partial charge in [0.05, 0.1) is 5.52 Å². The third-order valence-corrected chi connectivity index (χ3v) is 1.99. The highest BCUT2D eigenvalue weighted by Gasteiger charge is 2.13. The Morgan fingerprint density at radius 2 is 2.43 bits per heavy atom. The molecule has 0 unspecified atom stereocenters. The van der Waals surface area contributed by atoms with Gasteiger partial charge in [-0.25, -0.2) is 15.8 Å². The summed E-state index contributed by atoms with van der Waals surface area (Å²) in [5, 5.41) is 0. The second kappa shape index (κ2) is 3.08. The SMILES string of the molecule is Cn1c(C(=O)NN)nc2ncccc21. The Bertz CT molecular complexity index is 489. The molecule has 0 aliphatic rings. The van der Waals surface area contributed by atoms with Crippen LogP contribution in [0.5, 0.6) is 0 Å². The Labute approximate surface area is 79.7 Å². The Hall–Kier alpha value is -1.95. The van der Waals surface area contributed by atoms with Crippen molar-refractivity contribution in [1.29, 1.82) is 0 Å². The van der Waals surface area contributed by atoms with Crippen LogP contribution in [0, 0.1) is 0 Å². The number of nitrogens with one attached hydrogen (secondary N) is 1. The van der Waals surface area contributed by atoms with Crippen LogP contribution in [0.25, 0.3) is 11.2 Å². The molecule has 0 aromatic carbocycles. The zero-order chi connectivity index (χ0) is 10.1. The number of fused-ring (bicyclic) bond motifs is 1. The molecule has 1 amide bonds. The Morgan fingerprint density at radius 1 is 1.64 bits per heavy atom. The Kier molecular flexibility index (Phi) is 1.90. The van der Waals surface area contributed by atoms with E-state index < -0.39 is 5.91 Å². The number of hydrogen-bond acceptors (Lipinski definition) is 4. The van der Waals surface area contributed by atoms with Crippen LogP contribution in [0.15, 0.2) is 18.3 Å². The first-order chi connectivity index (χ1) is 6.74. The number of carbonyl (C=O) groups is 1. The van der Waals surface area contributed by atoms with Crippen LogP contribution < -0.4 is 11.3 Å². The summed E-state index contributed by atoms with van der Waals surface area (Å²) in [4.78, 5) is 19.3. The van der Waals surface area contributed by atoms with Gasteiger partial charge in [0.1, 0.15) is 0 Å². The first-order valence-corrected chi connectivity index (χ1v) is 4.02. The van der Waals surface area contributed by atoms with E-state index in [1.165, 1.54) is 0 Å². The minimum absolute atomic E-state index is 0.251. The third-order valence-electron chi connectivity index (χ3n) is 1.99. The minimum Gasteiger partial charge on any atom is -0.322 e. The van der Waals surface area contributed by atoms with E-state index in [1.54, 1.807) is 23.9 Å². The highest BCUT2D eigenvalue weighted by atomic mass is 16.2. The molecule has 0 bridgehead atoms. The van der Waals surface area contributed by atoms with Crippen molar-refractivity contribution in [2.45, 2.75) is 0 Å². The fraction of sp³-hybridized carbons (Fsp3) is 0.125. The van der Waals surface area contributed by atoms with Gasteiger partial charge in [-0.05, 0) is 12.1 Å². The van der Waals surface area contributed by atoms with Crippen LogP contribution >= 0.6 is 0 Å².